The van der Waals surface area contributed by atoms with Gasteiger partial charge in [0.1, 0.15) is 4.88 Å². The van der Waals surface area contributed by atoms with Gasteiger partial charge in [-0.05, 0) is 25.7 Å². The van der Waals surface area contributed by atoms with Crippen molar-refractivity contribution >= 4 is 22.4 Å². The van der Waals surface area contributed by atoms with E-state index in [9.17, 15) is 18.0 Å². The third-order valence-corrected chi connectivity index (χ3v) is 4.72. The molecule has 1 amide bonds. The minimum Gasteiger partial charge on any atom is -0.375 e. The van der Waals surface area contributed by atoms with Crippen molar-refractivity contribution in [3.05, 3.63) is 10.6 Å². The van der Waals surface area contributed by atoms with E-state index >= 15 is 0 Å². The van der Waals surface area contributed by atoms with Crippen molar-refractivity contribution < 1.29 is 18.0 Å². The van der Waals surface area contributed by atoms with Crippen LogP contribution in [0.25, 0.3) is 0 Å². The fourth-order valence-electron chi connectivity index (χ4n) is 2.71. The van der Waals surface area contributed by atoms with Gasteiger partial charge in [0, 0.05) is 6.04 Å². The number of alkyl halides is 3. The molecule has 2 rings (SSSR count). The van der Waals surface area contributed by atoms with Crippen molar-refractivity contribution in [2.75, 3.05) is 5.73 Å². The summed E-state index contributed by atoms with van der Waals surface area (Å²) in [6, 6.07) is -0.151. The highest BCUT2D eigenvalue weighted by Crippen LogP contribution is 2.35. The monoisotopic (exact) mass is 321 g/mol. The second kappa shape index (κ2) is 6.21. The molecule has 4 nitrogen and oxygen atoms in total. The minimum absolute atomic E-state index is 0.151. The number of aromatic nitrogens is 1. The standard InChI is InChI=1S/C13H18F3N3OS/c1-7(8-5-3-2-4-6-8)18-11(20)9-10(13(14,15)16)19-12(17)21-9/h7-8H,2-6H2,1H3,(H2,17,19)(H,18,20)/t7-/m1/s1. The van der Waals surface area contributed by atoms with E-state index in [0.29, 0.717) is 17.3 Å². The van der Waals surface area contributed by atoms with Crippen molar-refractivity contribution in [1.29, 1.82) is 0 Å². The molecular formula is C13H18F3N3OS. The largest absolute Gasteiger partial charge is 0.435 e. The summed E-state index contributed by atoms with van der Waals surface area (Å²) in [5.74, 6) is -0.420. The van der Waals surface area contributed by atoms with Crippen LogP contribution in [0, 0.1) is 5.92 Å². The van der Waals surface area contributed by atoms with Gasteiger partial charge in [-0.25, -0.2) is 4.98 Å². The lowest BCUT2D eigenvalue weighted by atomic mass is 9.84. The molecule has 1 aromatic rings. The van der Waals surface area contributed by atoms with Gasteiger partial charge in [0.25, 0.3) is 5.91 Å². The third kappa shape index (κ3) is 3.87. The van der Waals surface area contributed by atoms with Crippen LogP contribution in [0.4, 0.5) is 18.3 Å². The SMILES string of the molecule is C[C@@H](NC(=O)c1sc(N)nc1C(F)(F)F)C1CCCCC1. The Balaban J connectivity index is 2.09. The van der Waals surface area contributed by atoms with Crippen molar-refractivity contribution in [3.63, 3.8) is 0 Å². The lowest BCUT2D eigenvalue weighted by molar-refractivity contribution is -0.141. The summed E-state index contributed by atoms with van der Waals surface area (Å²) in [6.45, 7) is 1.84. The first-order valence-electron chi connectivity index (χ1n) is 6.93. The number of nitrogens with one attached hydrogen (secondary N) is 1. The van der Waals surface area contributed by atoms with Gasteiger partial charge in [-0.2, -0.15) is 13.2 Å². The number of nitrogens with zero attached hydrogens (tertiary/aromatic N) is 1. The molecule has 3 N–H and O–H groups in total. The lowest BCUT2D eigenvalue weighted by Crippen LogP contribution is -2.39. The third-order valence-electron chi connectivity index (χ3n) is 3.83. The van der Waals surface area contributed by atoms with E-state index < -0.39 is 22.7 Å². The molecule has 0 saturated heterocycles. The molecule has 1 atom stereocenters. The van der Waals surface area contributed by atoms with Crippen LogP contribution in [0.2, 0.25) is 0 Å². The Morgan fingerprint density at radius 3 is 2.57 bits per heavy atom. The molecule has 1 heterocycles. The topological polar surface area (TPSA) is 68.0 Å². The van der Waals surface area contributed by atoms with Crippen molar-refractivity contribution in [2.24, 2.45) is 5.92 Å². The molecule has 0 spiro atoms. The number of hydrogen-bond donors (Lipinski definition) is 2. The first-order chi connectivity index (χ1) is 9.79. The van der Waals surface area contributed by atoms with Crippen LogP contribution in [0.3, 0.4) is 0 Å². The molecule has 1 saturated carbocycles. The summed E-state index contributed by atoms with van der Waals surface area (Å²) in [5.41, 5.74) is 4.12. The van der Waals surface area contributed by atoms with Crippen LogP contribution in [0.1, 0.15) is 54.4 Å². The predicted octanol–water partition coefficient (Wildman–Crippen LogP) is 3.44. The van der Waals surface area contributed by atoms with Gasteiger partial charge in [-0.1, -0.05) is 30.6 Å². The van der Waals surface area contributed by atoms with Gasteiger partial charge in [0.05, 0.1) is 0 Å². The molecule has 0 aromatic carbocycles. The molecule has 0 bridgehead atoms. The zero-order valence-corrected chi connectivity index (χ0v) is 12.5. The summed E-state index contributed by atoms with van der Waals surface area (Å²) in [6.07, 6.45) is 0.713. The van der Waals surface area contributed by atoms with Crippen molar-refractivity contribution in [2.45, 2.75) is 51.2 Å². The van der Waals surface area contributed by atoms with Crippen LogP contribution < -0.4 is 11.1 Å². The average molecular weight is 321 g/mol. The molecule has 8 heteroatoms. The Morgan fingerprint density at radius 2 is 2.00 bits per heavy atom. The van der Waals surface area contributed by atoms with E-state index in [4.69, 9.17) is 5.73 Å². The van der Waals surface area contributed by atoms with E-state index in [1.54, 1.807) is 0 Å². The summed E-state index contributed by atoms with van der Waals surface area (Å²) >= 11 is 0.573. The average Bonchev–Trinajstić information content (AvgIpc) is 2.82. The van der Waals surface area contributed by atoms with Gasteiger partial charge < -0.3 is 11.1 Å². The molecule has 0 radical (unpaired) electrons. The second-order valence-corrected chi connectivity index (χ2v) is 6.42. The maximum Gasteiger partial charge on any atom is 0.435 e. The second-order valence-electron chi connectivity index (χ2n) is 5.39. The number of rotatable bonds is 3. The van der Waals surface area contributed by atoms with Crippen LogP contribution in [0.15, 0.2) is 0 Å². The lowest BCUT2D eigenvalue weighted by Gasteiger charge is -2.28. The number of halogens is 3. The van der Waals surface area contributed by atoms with Gasteiger partial charge in [0.15, 0.2) is 10.8 Å². The van der Waals surface area contributed by atoms with E-state index in [0.717, 1.165) is 25.7 Å². The Kier molecular flexibility index (Phi) is 4.75. The number of nitrogens with two attached hydrogens (primary N) is 1. The highest BCUT2D eigenvalue weighted by atomic mass is 32.1. The number of thiazole rings is 1. The minimum atomic E-state index is -4.67. The molecule has 1 fully saturated rings. The Hall–Kier alpha value is -1.31. The first-order valence-corrected chi connectivity index (χ1v) is 7.75. The van der Waals surface area contributed by atoms with Crippen LogP contribution in [0.5, 0.6) is 0 Å². The maximum absolute atomic E-state index is 12.8. The first kappa shape index (κ1) is 16.1. The smallest absolute Gasteiger partial charge is 0.375 e. The summed E-state index contributed by atoms with van der Waals surface area (Å²) in [7, 11) is 0. The number of anilines is 1. The Bertz CT molecular complexity index is 509. The van der Waals surface area contributed by atoms with Crippen LogP contribution in [-0.2, 0) is 6.18 Å². The molecule has 1 aliphatic rings. The number of carbonyl (C=O) groups excluding carboxylic acids is 1. The van der Waals surface area contributed by atoms with E-state index in [1.165, 1.54) is 6.42 Å². The van der Waals surface area contributed by atoms with Crippen LogP contribution >= 0.6 is 11.3 Å². The normalized spacial score (nSPS) is 18.5. The summed E-state index contributed by atoms with van der Waals surface area (Å²) in [4.78, 5) is 14.9. The number of nitrogen functional groups attached to an aromatic ring is 1. The van der Waals surface area contributed by atoms with Crippen LogP contribution in [-0.4, -0.2) is 16.9 Å². The molecule has 0 unspecified atom stereocenters. The van der Waals surface area contributed by atoms with Crippen molar-refractivity contribution in [1.82, 2.24) is 10.3 Å². The van der Waals surface area contributed by atoms with E-state index in [-0.39, 0.29) is 11.2 Å². The van der Waals surface area contributed by atoms with Gasteiger partial charge in [-0.3, -0.25) is 4.79 Å². The van der Waals surface area contributed by atoms with Gasteiger partial charge >= 0.3 is 6.18 Å². The molecular weight excluding hydrogens is 303 g/mol. The molecule has 21 heavy (non-hydrogen) atoms. The Labute approximate surface area is 124 Å². The predicted molar refractivity (Wildman–Crippen MR) is 75.0 cm³/mol. The van der Waals surface area contributed by atoms with Gasteiger partial charge in [0.2, 0.25) is 0 Å². The maximum atomic E-state index is 12.8. The van der Waals surface area contributed by atoms with Crippen molar-refractivity contribution in [3.8, 4) is 0 Å². The molecule has 0 aliphatic heterocycles. The number of hydrogen-bond acceptors (Lipinski definition) is 4. The highest BCUT2D eigenvalue weighted by Gasteiger charge is 2.39. The molecule has 1 aliphatic carbocycles. The highest BCUT2D eigenvalue weighted by molar-refractivity contribution is 7.17. The summed E-state index contributed by atoms with van der Waals surface area (Å²) in [5, 5.41) is 2.42. The van der Waals surface area contributed by atoms with Gasteiger partial charge in [-0.15, -0.1) is 0 Å². The summed E-state index contributed by atoms with van der Waals surface area (Å²) < 4.78 is 38.5. The zero-order valence-electron chi connectivity index (χ0n) is 11.7. The van der Waals surface area contributed by atoms with E-state index in [1.807, 2.05) is 6.92 Å². The number of amides is 1. The fourth-order valence-corrected chi connectivity index (χ4v) is 3.46. The van der Waals surface area contributed by atoms with E-state index in [2.05, 4.69) is 10.3 Å². The Morgan fingerprint density at radius 1 is 1.38 bits per heavy atom. The number of carbonyl (C=O) groups is 1. The molecule has 1 aromatic heterocycles. The quantitative estimate of drug-likeness (QED) is 0.896. The fraction of sp³-hybridized carbons (Fsp3) is 0.692. The zero-order chi connectivity index (χ0) is 15.6. The molecule has 118 valence electrons.